The van der Waals surface area contributed by atoms with Crippen molar-refractivity contribution in [2.24, 2.45) is 17.8 Å². The molecule has 8 nitrogen and oxygen atoms in total. The first-order chi connectivity index (χ1) is 18.4. The second-order valence-electron chi connectivity index (χ2n) is 11.2. The standard InChI is InChI=1S/C30H39N3O5/c1-3-25(34)23(15-18-9-5-7-13-26(18)35)32-29(36)28-20-11-6-4-10-19(20)17-33(28)30(37)24-16-21-22(31-24)12-8-14-27(21)38-2/h8,12,14,16,18-20,23,28,31H,3-7,9-11,13,15,17H2,1-2H3,(H,32,36)/t18-,19-,20-,23-,28-/m0/s1. The van der Waals surface area contributed by atoms with Crippen LogP contribution in [0.5, 0.6) is 5.75 Å². The molecule has 8 heteroatoms. The number of amides is 2. The van der Waals surface area contributed by atoms with Crippen molar-refractivity contribution in [2.75, 3.05) is 13.7 Å². The number of methoxy groups -OCH3 is 1. The molecule has 2 heterocycles. The number of aromatic nitrogens is 1. The first-order valence-corrected chi connectivity index (χ1v) is 14.2. The smallest absolute Gasteiger partial charge is 0.271 e. The summed E-state index contributed by atoms with van der Waals surface area (Å²) >= 11 is 0. The van der Waals surface area contributed by atoms with Crippen molar-refractivity contribution in [2.45, 2.75) is 83.2 Å². The van der Waals surface area contributed by atoms with Crippen molar-refractivity contribution in [1.29, 1.82) is 0 Å². The van der Waals surface area contributed by atoms with Crippen LogP contribution < -0.4 is 10.1 Å². The third-order valence-electron chi connectivity index (χ3n) is 9.00. The molecule has 5 atom stereocenters. The lowest BCUT2D eigenvalue weighted by Gasteiger charge is -2.32. The first kappa shape index (κ1) is 26.4. The number of rotatable bonds is 8. The van der Waals surface area contributed by atoms with Gasteiger partial charge in [-0.05, 0) is 62.1 Å². The molecule has 2 aromatic rings. The molecule has 0 spiro atoms. The van der Waals surface area contributed by atoms with E-state index in [1.165, 1.54) is 0 Å². The lowest BCUT2D eigenvalue weighted by Crippen LogP contribution is -2.53. The van der Waals surface area contributed by atoms with E-state index in [4.69, 9.17) is 4.74 Å². The van der Waals surface area contributed by atoms with Gasteiger partial charge in [0.25, 0.3) is 5.91 Å². The summed E-state index contributed by atoms with van der Waals surface area (Å²) in [5.41, 5.74) is 1.23. The highest BCUT2D eigenvalue weighted by atomic mass is 16.5. The van der Waals surface area contributed by atoms with E-state index < -0.39 is 12.1 Å². The van der Waals surface area contributed by atoms with Crippen LogP contribution >= 0.6 is 0 Å². The van der Waals surface area contributed by atoms with Gasteiger partial charge in [0.15, 0.2) is 5.78 Å². The van der Waals surface area contributed by atoms with Gasteiger partial charge in [0.1, 0.15) is 23.3 Å². The molecule has 0 unspecified atom stereocenters. The zero-order chi connectivity index (χ0) is 26.8. The Morgan fingerprint density at radius 2 is 1.92 bits per heavy atom. The summed E-state index contributed by atoms with van der Waals surface area (Å²) in [5, 5.41) is 3.85. The van der Waals surface area contributed by atoms with Gasteiger partial charge >= 0.3 is 0 Å². The first-order valence-electron chi connectivity index (χ1n) is 14.2. The Morgan fingerprint density at radius 1 is 1.13 bits per heavy atom. The van der Waals surface area contributed by atoms with Crippen molar-refractivity contribution in [1.82, 2.24) is 15.2 Å². The van der Waals surface area contributed by atoms with Crippen LogP contribution in [0.15, 0.2) is 24.3 Å². The summed E-state index contributed by atoms with van der Waals surface area (Å²) < 4.78 is 5.46. The zero-order valence-corrected chi connectivity index (χ0v) is 22.5. The largest absolute Gasteiger partial charge is 0.496 e. The van der Waals surface area contributed by atoms with E-state index in [0.717, 1.165) is 55.8 Å². The number of nitrogens with zero attached hydrogens (tertiary/aromatic N) is 1. The van der Waals surface area contributed by atoms with E-state index in [0.29, 0.717) is 37.3 Å². The van der Waals surface area contributed by atoms with Crippen molar-refractivity contribution < 1.29 is 23.9 Å². The van der Waals surface area contributed by atoms with Gasteiger partial charge in [-0.1, -0.05) is 32.3 Å². The van der Waals surface area contributed by atoms with Crippen molar-refractivity contribution in [3.05, 3.63) is 30.0 Å². The normalized spacial score (nSPS) is 26.2. The zero-order valence-electron chi connectivity index (χ0n) is 22.5. The highest BCUT2D eigenvalue weighted by molar-refractivity contribution is 6.02. The molecule has 2 amide bonds. The molecule has 3 aliphatic rings. The Kier molecular flexibility index (Phi) is 7.86. The van der Waals surface area contributed by atoms with Gasteiger partial charge in [-0.25, -0.2) is 0 Å². The van der Waals surface area contributed by atoms with E-state index in [9.17, 15) is 19.2 Å². The number of hydrogen-bond donors (Lipinski definition) is 2. The quantitative estimate of drug-likeness (QED) is 0.535. The summed E-state index contributed by atoms with van der Waals surface area (Å²) in [6.45, 7) is 2.32. The van der Waals surface area contributed by atoms with E-state index >= 15 is 0 Å². The Balaban J connectivity index is 1.40. The molecule has 204 valence electrons. The second kappa shape index (κ2) is 11.3. The van der Waals surface area contributed by atoms with Crippen LogP contribution in [0.4, 0.5) is 0 Å². The van der Waals surface area contributed by atoms with Crippen LogP contribution in [-0.4, -0.2) is 59.0 Å². The molecule has 2 aliphatic carbocycles. The fraction of sp³-hybridized carbons (Fsp3) is 0.600. The van der Waals surface area contributed by atoms with E-state index in [-0.39, 0.29) is 41.1 Å². The van der Waals surface area contributed by atoms with Gasteiger partial charge in [-0.15, -0.1) is 0 Å². The summed E-state index contributed by atoms with van der Waals surface area (Å²) in [6, 6.07) is 6.09. The SMILES string of the molecule is CCC(=O)[C@H](C[C@@H]1CCCCC1=O)NC(=O)[C@@H]1[C@H]2CCCC[C@H]2CN1C(=O)c1cc2c(OC)cccc2[nH]1. The molecule has 2 saturated carbocycles. The Hall–Kier alpha value is -3.16. The van der Waals surface area contributed by atoms with Gasteiger partial charge < -0.3 is 19.9 Å². The number of fused-ring (bicyclic) bond motifs is 2. The third-order valence-corrected chi connectivity index (χ3v) is 9.00. The molecule has 0 radical (unpaired) electrons. The van der Waals surface area contributed by atoms with Gasteiger partial charge in [0, 0.05) is 36.2 Å². The van der Waals surface area contributed by atoms with Crippen molar-refractivity contribution in [3.63, 3.8) is 0 Å². The highest BCUT2D eigenvalue weighted by Gasteiger charge is 2.49. The average Bonchev–Trinajstić information content (AvgIpc) is 3.55. The Morgan fingerprint density at radius 3 is 2.68 bits per heavy atom. The summed E-state index contributed by atoms with van der Waals surface area (Å²) in [4.78, 5) is 58.1. The minimum Gasteiger partial charge on any atom is -0.496 e. The minimum atomic E-state index is -0.698. The van der Waals surface area contributed by atoms with E-state index in [2.05, 4.69) is 10.3 Å². The molecular formula is C30H39N3O5. The molecule has 1 saturated heterocycles. The van der Waals surface area contributed by atoms with Crippen LogP contribution in [0.25, 0.3) is 10.9 Å². The van der Waals surface area contributed by atoms with Gasteiger partial charge in [-0.3, -0.25) is 19.2 Å². The van der Waals surface area contributed by atoms with Crippen LogP contribution in [0.2, 0.25) is 0 Å². The number of likely N-dealkylation sites (tertiary alicyclic amines) is 1. The van der Waals surface area contributed by atoms with Crippen LogP contribution in [0.1, 0.15) is 81.6 Å². The summed E-state index contributed by atoms with van der Waals surface area (Å²) in [6.07, 6.45) is 7.85. The van der Waals surface area contributed by atoms with Crippen LogP contribution in [0, 0.1) is 17.8 Å². The number of benzene rings is 1. The topological polar surface area (TPSA) is 109 Å². The summed E-state index contributed by atoms with van der Waals surface area (Å²) in [7, 11) is 1.60. The van der Waals surface area contributed by atoms with Crippen molar-refractivity contribution in [3.8, 4) is 5.75 Å². The molecule has 5 rings (SSSR count). The monoisotopic (exact) mass is 521 g/mol. The molecule has 3 fully saturated rings. The summed E-state index contributed by atoms with van der Waals surface area (Å²) in [5.74, 6) is 0.488. The second-order valence-corrected chi connectivity index (χ2v) is 11.2. The number of Topliss-reactive ketones (excluding diaryl/α,β-unsaturated/α-hetero) is 2. The maximum absolute atomic E-state index is 13.9. The molecule has 1 aromatic heterocycles. The maximum atomic E-state index is 13.9. The number of hydrogen-bond acceptors (Lipinski definition) is 5. The van der Waals surface area contributed by atoms with Crippen molar-refractivity contribution >= 4 is 34.3 Å². The number of carbonyl (C=O) groups is 4. The van der Waals surface area contributed by atoms with Gasteiger partial charge in [0.2, 0.25) is 5.91 Å². The number of ether oxygens (including phenoxy) is 1. The number of ketones is 2. The maximum Gasteiger partial charge on any atom is 0.271 e. The highest BCUT2D eigenvalue weighted by Crippen LogP contribution is 2.41. The fourth-order valence-corrected chi connectivity index (χ4v) is 6.96. The number of H-pyrrole nitrogens is 1. The minimum absolute atomic E-state index is 0.0597. The lowest BCUT2D eigenvalue weighted by molar-refractivity contribution is -0.132. The lowest BCUT2D eigenvalue weighted by atomic mass is 9.78. The third kappa shape index (κ3) is 5.09. The number of carbonyl (C=O) groups excluding carboxylic acids is 4. The van der Waals surface area contributed by atoms with Crippen LogP contribution in [-0.2, 0) is 14.4 Å². The van der Waals surface area contributed by atoms with E-state index in [1.54, 1.807) is 25.0 Å². The molecule has 2 N–H and O–H groups in total. The number of nitrogens with one attached hydrogen (secondary N) is 2. The Labute approximate surface area is 223 Å². The molecule has 38 heavy (non-hydrogen) atoms. The molecule has 1 aliphatic heterocycles. The molecule has 0 bridgehead atoms. The number of aromatic amines is 1. The predicted octanol–water partition coefficient (Wildman–Crippen LogP) is 4.42. The van der Waals surface area contributed by atoms with E-state index in [1.807, 2.05) is 18.2 Å². The average molecular weight is 522 g/mol. The fourth-order valence-electron chi connectivity index (χ4n) is 6.96. The predicted molar refractivity (Wildman–Crippen MR) is 144 cm³/mol. The molecule has 1 aromatic carbocycles. The Bertz CT molecular complexity index is 1220. The van der Waals surface area contributed by atoms with Gasteiger partial charge in [0.05, 0.1) is 13.2 Å². The van der Waals surface area contributed by atoms with Gasteiger partial charge in [-0.2, -0.15) is 0 Å². The molecular weight excluding hydrogens is 482 g/mol. The van der Waals surface area contributed by atoms with Crippen LogP contribution in [0.3, 0.4) is 0 Å².